The Morgan fingerprint density at radius 2 is 0.810 bits per heavy atom. The van der Waals surface area contributed by atoms with E-state index >= 15 is 0 Å². The van der Waals surface area contributed by atoms with Crippen LogP contribution in [0.25, 0.3) is 0 Å². The molecule has 3 nitrogen and oxygen atoms in total. The van der Waals surface area contributed by atoms with Crippen molar-refractivity contribution in [2.24, 2.45) is 10.8 Å². The van der Waals surface area contributed by atoms with Crippen molar-refractivity contribution in [3.8, 4) is 0 Å². The normalized spacial score (nSPS) is 12.4. The maximum Gasteiger partial charge on any atom is 0.194 e. The lowest BCUT2D eigenvalue weighted by atomic mass is 9.87. The highest BCUT2D eigenvalue weighted by Gasteiger charge is 2.28. The standard InChI is InChI=1S/C37H72O3S2/c1-7-9-11-13-15-17-25-31-41-34(39)36(3,4)29-23-19-21-27-33(38)28-22-20-24-30-37(5,6)35(40)42-32-26-18-16-14-12-10-8-2/h33,38H,7-32H2,1-6H3. The summed E-state index contributed by atoms with van der Waals surface area (Å²) in [7, 11) is 0. The quantitative estimate of drug-likeness (QED) is 0.0802. The highest BCUT2D eigenvalue weighted by atomic mass is 32.2. The molecule has 0 aliphatic heterocycles. The highest BCUT2D eigenvalue weighted by molar-refractivity contribution is 8.14. The summed E-state index contributed by atoms with van der Waals surface area (Å²) in [5.41, 5.74) is -0.488. The average Bonchev–Trinajstić information content (AvgIpc) is 2.95. The number of carbonyl (C=O) groups is 2. The molecule has 1 N–H and O–H groups in total. The van der Waals surface area contributed by atoms with Crippen molar-refractivity contribution in [1.82, 2.24) is 0 Å². The molecular weight excluding hydrogens is 557 g/mol. The first-order chi connectivity index (χ1) is 20.1. The van der Waals surface area contributed by atoms with Crippen molar-refractivity contribution in [1.29, 1.82) is 0 Å². The Morgan fingerprint density at radius 3 is 1.17 bits per heavy atom. The second kappa shape index (κ2) is 27.3. The minimum Gasteiger partial charge on any atom is -0.393 e. The summed E-state index contributed by atoms with van der Waals surface area (Å²) in [6.07, 6.45) is 27.9. The van der Waals surface area contributed by atoms with Gasteiger partial charge in [0.25, 0.3) is 0 Å². The van der Waals surface area contributed by atoms with Gasteiger partial charge in [-0.15, -0.1) is 0 Å². The molecule has 0 saturated carbocycles. The Balaban J connectivity index is 3.79. The van der Waals surface area contributed by atoms with E-state index in [9.17, 15) is 14.7 Å². The summed E-state index contributed by atoms with van der Waals surface area (Å²) in [6.45, 7) is 12.9. The van der Waals surface area contributed by atoms with Crippen LogP contribution in [0, 0.1) is 10.8 Å². The number of thioether (sulfide) groups is 2. The van der Waals surface area contributed by atoms with Gasteiger partial charge >= 0.3 is 0 Å². The van der Waals surface area contributed by atoms with Crippen LogP contribution in [0.1, 0.15) is 196 Å². The molecular formula is C37H72O3S2. The Bertz CT molecular complexity index is 593. The first-order valence-electron chi connectivity index (χ1n) is 18.1. The van der Waals surface area contributed by atoms with E-state index in [0.29, 0.717) is 10.2 Å². The zero-order chi connectivity index (χ0) is 31.5. The van der Waals surface area contributed by atoms with Gasteiger partial charge in [-0.2, -0.15) is 0 Å². The third kappa shape index (κ3) is 24.3. The molecule has 0 aliphatic carbocycles. The molecule has 0 aromatic heterocycles. The molecule has 0 rings (SSSR count). The van der Waals surface area contributed by atoms with Gasteiger partial charge in [-0.05, 0) is 38.5 Å². The lowest BCUT2D eigenvalue weighted by Gasteiger charge is -2.22. The van der Waals surface area contributed by atoms with Crippen LogP contribution in [-0.2, 0) is 9.59 Å². The van der Waals surface area contributed by atoms with Gasteiger partial charge in [-0.25, -0.2) is 0 Å². The van der Waals surface area contributed by atoms with E-state index in [0.717, 1.165) is 88.6 Å². The third-order valence-electron chi connectivity index (χ3n) is 8.75. The fourth-order valence-corrected chi connectivity index (χ4v) is 7.49. The summed E-state index contributed by atoms with van der Waals surface area (Å²) < 4.78 is 0. The first-order valence-corrected chi connectivity index (χ1v) is 20.1. The molecule has 0 fully saturated rings. The van der Waals surface area contributed by atoms with E-state index in [-0.39, 0.29) is 16.9 Å². The number of hydrogen-bond donors (Lipinski definition) is 1. The second-order valence-corrected chi connectivity index (χ2v) is 16.3. The van der Waals surface area contributed by atoms with E-state index in [1.807, 2.05) is 0 Å². The fraction of sp³-hybridized carbons (Fsp3) is 0.946. The predicted octanol–water partition coefficient (Wildman–Crippen LogP) is 12.3. The SMILES string of the molecule is CCCCCCCCCSC(=O)C(C)(C)CCCCCC(O)CCCCCC(C)(C)C(=O)SCCCCCCCCC. The molecule has 0 amide bonds. The van der Waals surface area contributed by atoms with Gasteiger partial charge in [0.15, 0.2) is 10.2 Å². The maximum atomic E-state index is 12.7. The molecule has 0 aromatic carbocycles. The van der Waals surface area contributed by atoms with Gasteiger partial charge in [-0.3, -0.25) is 9.59 Å². The second-order valence-electron chi connectivity index (χ2n) is 14.1. The average molecular weight is 629 g/mol. The van der Waals surface area contributed by atoms with Crippen LogP contribution < -0.4 is 0 Å². The van der Waals surface area contributed by atoms with Gasteiger partial charge in [0.1, 0.15) is 0 Å². The lowest BCUT2D eigenvalue weighted by Crippen LogP contribution is -2.21. The van der Waals surface area contributed by atoms with Crippen molar-refractivity contribution in [2.75, 3.05) is 11.5 Å². The molecule has 250 valence electrons. The molecule has 42 heavy (non-hydrogen) atoms. The van der Waals surface area contributed by atoms with E-state index in [4.69, 9.17) is 0 Å². The minimum atomic E-state index is -0.244. The van der Waals surface area contributed by atoms with Gasteiger partial charge in [0.2, 0.25) is 0 Å². The Hall–Kier alpha value is -0.000000000000000111. The zero-order valence-electron chi connectivity index (χ0n) is 29.0. The number of hydrogen-bond acceptors (Lipinski definition) is 5. The monoisotopic (exact) mass is 628 g/mol. The lowest BCUT2D eigenvalue weighted by molar-refractivity contribution is -0.119. The Morgan fingerprint density at radius 1 is 0.500 bits per heavy atom. The number of rotatable bonds is 30. The maximum absolute atomic E-state index is 12.7. The van der Waals surface area contributed by atoms with Crippen molar-refractivity contribution in [3.05, 3.63) is 0 Å². The molecule has 0 aliphatic rings. The summed E-state index contributed by atoms with van der Waals surface area (Å²) in [4.78, 5) is 25.4. The fourth-order valence-electron chi connectivity index (χ4n) is 5.43. The van der Waals surface area contributed by atoms with Crippen LogP contribution >= 0.6 is 23.5 Å². The molecule has 0 radical (unpaired) electrons. The molecule has 0 aromatic rings. The van der Waals surface area contributed by atoms with E-state index in [1.165, 1.54) is 77.0 Å². The van der Waals surface area contributed by atoms with E-state index in [2.05, 4.69) is 41.5 Å². The van der Waals surface area contributed by atoms with Gasteiger partial charge in [0, 0.05) is 22.3 Å². The molecule has 0 bridgehead atoms. The summed E-state index contributed by atoms with van der Waals surface area (Å²) in [5.74, 6) is 1.93. The zero-order valence-corrected chi connectivity index (χ0v) is 30.7. The highest BCUT2D eigenvalue weighted by Crippen LogP contribution is 2.32. The van der Waals surface area contributed by atoms with E-state index in [1.54, 1.807) is 23.5 Å². The van der Waals surface area contributed by atoms with Crippen molar-refractivity contribution in [2.45, 2.75) is 202 Å². The first kappa shape index (κ1) is 42.0. The van der Waals surface area contributed by atoms with Crippen LogP contribution in [-0.4, -0.2) is 32.9 Å². The summed E-state index contributed by atoms with van der Waals surface area (Å²) in [6, 6.07) is 0. The number of aliphatic hydroxyl groups excluding tert-OH is 1. The van der Waals surface area contributed by atoms with E-state index < -0.39 is 0 Å². The van der Waals surface area contributed by atoms with Crippen molar-refractivity contribution < 1.29 is 14.7 Å². The summed E-state index contributed by atoms with van der Waals surface area (Å²) in [5, 5.41) is 11.1. The molecule has 5 heteroatoms. The molecule has 0 heterocycles. The van der Waals surface area contributed by atoms with Crippen molar-refractivity contribution in [3.63, 3.8) is 0 Å². The van der Waals surface area contributed by atoms with Gasteiger partial charge in [0.05, 0.1) is 6.10 Å². The van der Waals surface area contributed by atoms with Crippen LogP contribution in [0.3, 0.4) is 0 Å². The Kier molecular flexibility index (Phi) is 27.3. The molecule has 0 saturated heterocycles. The molecule has 0 spiro atoms. The van der Waals surface area contributed by atoms with Crippen LogP contribution in [0.5, 0.6) is 0 Å². The minimum absolute atomic E-state index is 0.218. The smallest absolute Gasteiger partial charge is 0.194 e. The van der Waals surface area contributed by atoms with Gasteiger partial charge < -0.3 is 5.11 Å². The summed E-state index contributed by atoms with van der Waals surface area (Å²) >= 11 is 3.09. The number of unbranched alkanes of at least 4 members (excludes halogenated alkanes) is 16. The number of aliphatic hydroxyl groups is 1. The topological polar surface area (TPSA) is 54.4 Å². The third-order valence-corrected chi connectivity index (χ3v) is 11.4. The Labute approximate surface area is 271 Å². The number of carbonyl (C=O) groups excluding carboxylic acids is 2. The van der Waals surface area contributed by atoms with Gasteiger partial charge in [-0.1, -0.05) is 181 Å². The van der Waals surface area contributed by atoms with Crippen LogP contribution in [0.4, 0.5) is 0 Å². The largest absolute Gasteiger partial charge is 0.393 e. The molecule has 0 atom stereocenters. The van der Waals surface area contributed by atoms with Crippen LogP contribution in [0.2, 0.25) is 0 Å². The van der Waals surface area contributed by atoms with Crippen molar-refractivity contribution >= 4 is 33.8 Å². The predicted molar refractivity (Wildman–Crippen MR) is 191 cm³/mol. The molecule has 0 unspecified atom stereocenters. The van der Waals surface area contributed by atoms with Crippen LogP contribution in [0.15, 0.2) is 0 Å².